The van der Waals surface area contributed by atoms with Crippen molar-refractivity contribution >= 4 is 11.7 Å². The van der Waals surface area contributed by atoms with Crippen LogP contribution in [0.2, 0.25) is 0 Å². The van der Waals surface area contributed by atoms with Gasteiger partial charge in [-0.15, -0.1) is 0 Å². The first-order valence-corrected chi connectivity index (χ1v) is 12.6. The average Bonchev–Trinajstić information content (AvgIpc) is 3.41. The molecule has 0 spiro atoms. The van der Waals surface area contributed by atoms with E-state index in [1.54, 1.807) is 12.4 Å². The maximum absolute atomic E-state index is 14.5. The lowest BCUT2D eigenvalue weighted by Gasteiger charge is -2.39. The van der Waals surface area contributed by atoms with Gasteiger partial charge in [0.2, 0.25) is 5.91 Å². The first-order chi connectivity index (χ1) is 16.8. The van der Waals surface area contributed by atoms with Gasteiger partial charge in [0.25, 0.3) is 0 Å². The van der Waals surface area contributed by atoms with Crippen LogP contribution in [0.4, 0.5) is 10.2 Å². The molecule has 3 aliphatic rings. The second-order valence-corrected chi connectivity index (χ2v) is 10.8. The van der Waals surface area contributed by atoms with E-state index in [1.165, 1.54) is 17.7 Å². The summed E-state index contributed by atoms with van der Waals surface area (Å²) in [4.78, 5) is 27.2. The third kappa shape index (κ3) is 4.50. The number of fused-ring (bicyclic) bond motifs is 1. The van der Waals surface area contributed by atoms with Gasteiger partial charge >= 0.3 is 0 Å². The molecular formula is C27H33FN6O. The van der Waals surface area contributed by atoms with E-state index in [9.17, 15) is 9.18 Å². The molecule has 2 aliphatic heterocycles. The Morgan fingerprint density at radius 1 is 1.23 bits per heavy atom. The second kappa shape index (κ2) is 9.19. The third-order valence-corrected chi connectivity index (χ3v) is 7.94. The normalized spacial score (nSPS) is 24.2. The molecule has 3 heterocycles. The predicted molar refractivity (Wildman–Crippen MR) is 132 cm³/mol. The van der Waals surface area contributed by atoms with Crippen LogP contribution < -0.4 is 10.2 Å². The number of hydrogen-bond acceptors (Lipinski definition) is 6. The minimum atomic E-state index is -0.573. The highest BCUT2D eigenvalue weighted by Gasteiger charge is 2.41. The van der Waals surface area contributed by atoms with Crippen LogP contribution in [0.5, 0.6) is 0 Å². The van der Waals surface area contributed by atoms with E-state index >= 15 is 0 Å². The van der Waals surface area contributed by atoms with E-state index in [-0.39, 0.29) is 23.1 Å². The van der Waals surface area contributed by atoms with E-state index in [4.69, 9.17) is 5.26 Å². The van der Waals surface area contributed by atoms with Crippen molar-refractivity contribution in [3.63, 3.8) is 0 Å². The molecule has 1 N–H and O–H groups in total. The SMILES string of the molecule is C[C@@H]1CCc2ncnc(N3CCN(C(=O)[C@@H](c4ccc(C#N)c(F)c4)[C@@H]4CCC(C)(C)N4)CC3)c21. The number of rotatable bonds is 4. The van der Waals surface area contributed by atoms with Crippen LogP contribution in [-0.4, -0.2) is 58.5 Å². The van der Waals surface area contributed by atoms with Gasteiger partial charge in [0.15, 0.2) is 0 Å². The topological polar surface area (TPSA) is 85.2 Å². The summed E-state index contributed by atoms with van der Waals surface area (Å²) < 4.78 is 14.5. The lowest BCUT2D eigenvalue weighted by molar-refractivity contribution is -0.133. The zero-order chi connectivity index (χ0) is 24.7. The summed E-state index contributed by atoms with van der Waals surface area (Å²) in [6.07, 6.45) is 5.55. The molecule has 2 aromatic rings. The molecule has 7 nitrogen and oxygen atoms in total. The number of amides is 1. The van der Waals surface area contributed by atoms with E-state index in [0.29, 0.717) is 37.7 Å². The highest BCUT2D eigenvalue weighted by molar-refractivity contribution is 5.85. The largest absolute Gasteiger partial charge is 0.353 e. The Kier molecular flexibility index (Phi) is 6.22. The molecule has 3 atom stereocenters. The first-order valence-electron chi connectivity index (χ1n) is 12.6. The van der Waals surface area contributed by atoms with Crippen LogP contribution in [0.15, 0.2) is 24.5 Å². The van der Waals surface area contributed by atoms with Gasteiger partial charge in [-0.05, 0) is 63.1 Å². The molecule has 0 saturated carbocycles. The highest BCUT2D eigenvalue weighted by atomic mass is 19.1. The molecule has 35 heavy (non-hydrogen) atoms. The summed E-state index contributed by atoms with van der Waals surface area (Å²) in [5.41, 5.74) is 2.97. The Morgan fingerprint density at radius 2 is 2.00 bits per heavy atom. The van der Waals surface area contributed by atoms with Crippen LogP contribution >= 0.6 is 0 Å². The number of piperazine rings is 1. The van der Waals surface area contributed by atoms with Crippen molar-refractivity contribution < 1.29 is 9.18 Å². The molecule has 2 saturated heterocycles. The Morgan fingerprint density at radius 3 is 2.66 bits per heavy atom. The molecule has 0 radical (unpaired) electrons. The fourth-order valence-electron chi connectivity index (χ4n) is 5.99. The molecule has 184 valence electrons. The van der Waals surface area contributed by atoms with E-state index in [1.807, 2.05) is 11.0 Å². The number of aryl methyl sites for hydroxylation is 1. The molecule has 1 amide bonds. The zero-order valence-corrected chi connectivity index (χ0v) is 20.7. The Hall–Kier alpha value is -3.05. The first kappa shape index (κ1) is 23.7. The molecule has 0 bridgehead atoms. The number of nitriles is 1. The Balaban J connectivity index is 1.36. The number of aromatic nitrogens is 2. The van der Waals surface area contributed by atoms with Crippen molar-refractivity contribution in [3.05, 3.63) is 52.7 Å². The summed E-state index contributed by atoms with van der Waals surface area (Å²) in [5, 5.41) is 12.7. The smallest absolute Gasteiger partial charge is 0.231 e. The summed E-state index contributed by atoms with van der Waals surface area (Å²) in [5.74, 6) is 0.418. The highest BCUT2D eigenvalue weighted by Crippen LogP contribution is 2.38. The fourth-order valence-corrected chi connectivity index (χ4v) is 5.99. The number of nitrogens with zero attached hydrogens (tertiary/aromatic N) is 5. The van der Waals surface area contributed by atoms with Gasteiger partial charge in [-0.1, -0.05) is 13.0 Å². The van der Waals surface area contributed by atoms with Crippen LogP contribution in [-0.2, 0) is 11.2 Å². The predicted octanol–water partition coefficient (Wildman–Crippen LogP) is 3.50. The molecule has 8 heteroatoms. The van der Waals surface area contributed by atoms with Crippen molar-refractivity contribution in [1.82, 2.24) is 20.2 Å². The van der Waals surface area contributed by atoms with Gasteiger partial charge in [0.1, 0.15) is 24.0 Å². The van der Waals surface area contributed by atoms with E-state index in [0.717, 1.165) is 37.2 Å². The van der Waals surface area contributed by atoms with Crippen molar-refractivity contribution in [2.24, 2.45) is 0 Å². The molecule has 1 aromatic heterocycles. The van der Waals surface area contributed by atoms with Crippen LogP contribution in [0.3, 0.4) is 0 Å². The number of nitrogens with one attached hydrogen (secondary N) is 1. The fraction of sp³-hybridized carbons (Fsp3) is 0.556. The number of carbonyl (C=O) groups excluding carboxylic acids is 1. The lowest BCUT2D eigenvalue weighted by Crippen LogP contribution is -2.53. The van der Waals surface area contributed by atoms with E-state index < -0.39 is 11.7 Å². The molecule has 2 fully saturated rings. The monoisotopic (exact) mass is 476 g/mol. The number of benzene rings is 1. The van der Waals surface area contributed by atoms with Crippen molar-refractivity contribution in [3.8, 4) is 6.07 Å². The lowest BCUT2D eigenvalue weighted by atomic mass is 9.88. The number of anilines is 1. The molecular weight excluding hydrogens is 443 g/mol. The zero-order valence-electron chi connectivity index (χ0n) is 20.7. The van der Waals surface area contributed by atoms with Crippen LogP contribution in [0.1, 0.15) is 74.3 Å². The Labute approximate surface area is 206 Å². The number of hydrogen-bond donors (Lipinski definition) is 1. The van der Waals surface area contributed by atoms with Crippen molar-refractivity contribution in [2.45, 2.75) is 69.9 Å². The van der Waals surface area contributed by atoms with Gasteiger partial charge in [0.05, 0.1) is 11.5 Å². The molecule has 0 unspecified atom stereocenters. The Bertz CT molecular complexity index is 1170. The number of halogens is 1. The quantitative estimate of drug-likeness (QED) is 0.727. The van der Waals surface area contributed by atoms with Crippen molar-refractivity contribution in [2.75, 3.05) is 31.1 Å². The second-order valence-electron chi connectivity index (χ2n) is 10.8. The number of carbonyl (C=O) groups is 1. The van der Waals surface area contributed by atoms with Gasteiger partial charge in [0, 0.05) is 49.0 Å². The maximum Gasteiger partial charge on any atom is 0.231 e. The average molecular weight is 477 g/mol. The van der Waals surface area contributed by atoms with Gasteiger partial charge in [-0.2, -0.15) is 5.26 Å². The third-order valence-electron chi connectivity index (χ3n) is 7.94. The summed E-state index contributed by atoms with van der Waals surface area (Å²) >= 11 is 0. The molecule has 1 aliphatic carbocycles. The standard InChI is InChI=1S/C27H33FN6O/c1-17-4-7-21-23(17)25(31-16-30-21)33-10-12-34(13-11-33)26(35)24(22-8-9-27(2,3)32-22)18-5-6-19(15-29)20(28)14-18/h5-6,14,16-17,22,24,32H,4,7-13H2,1-3H3/t17-,22+,24+/m1/s1. The van der Waals surface area contributed by atoms with Crippen LogP contribution in [0, 0.1) is 17.1 Å². The van der Waals surface area contributed by atoms with Crippen molar-refractivity contribution in [1.29, 1.82) is 5.26 Å². The summed E-state index contributed by atoms with van der Waals surface area (Å²) in [6, 6.07) is 6.39. The molecule has 5 rings (SSSR count). The van der Waals surface area contributed by atoms with Gasteiger partial charge < -0.3 is 15.1 Å². The minimum Gasteiger partial charge on any atom is -0.353 e. The van der Waals surface area contributed by atoms with Crippen LogP contribution in [0.25, 0.3) is 0 Å². The summed E-state index contributed by atoms with van der Waals surface area (Å²) in [6.45, 7) is 9.10. The van der Waals surface area contributed by atoms with E-state index in [2.05, 4.69) is 41.0 Å². The maximum atomic E-state index is 14.5. The minimum absolute atomic E-state index is 0.000106. The summed E-state index contributed by atoms with van der Waals surface area (Å²) in [7, 11) is 0. The van der Waals surface area contributed by atoms with Gasteiger partial charge in [-0.3, -0.25) is 4.79 Å². The van der Waals surface area contributed by atoms with Gasteiger partial charge in [-0.25, -0.2) is 14.4 Å². The molecule has 1 aromatic carbocycles.